The van der Waals surface area contributed by atoms with Crippen LogP contribution in [0.1, 0.15) is 12.0 Å². The van der Waals surface area contributed by atoms with Crippen LogP contribution in [-0.2, 0) is 14.4 Å². The van der Waals surface area contributed by atoms with Gasteiger partial charge in [-0.25, -0.2) is 13.6 Å². The Morgan fingerprint density at radius 3 is 2.74 bits per heavy atom. The summed E-state index contributed by atoms with van der Waals surface area (Å²) < 4.78 is 25.8. The lowest BCUT2D eigenvalue weighted by Gasteiger charge is -2.18. The summed E-state index contributed by atoms with van der Waals surface area (Å²) in [4.78, 5) is 36.1. The molecule has 8 heteroatoms. The van der Waals surface area contributed by atoms with Crippen molar-refractivity contribution in [3.8, 4) is 0 Å². The third kappa shape index (κ3) is 3.64. The van der Waals surface area contributed by atoms with Crippen molar-refractivity contribution in [2.45, 2.75) is 19.4 Å². The maximum absolute atomic E-state index is 13.3. The summed E-state index contributed by atoms with van der Waals surface area (Å²) in [6.45, 7) is 0.360. The number of benzene rings is 1. The summed E-state index contributed by atoms with van der Waals surface area (Å²) >= 11 is 0. The Morgan fingerprint density at radius 1 is 1.48 bits per heavy atom. The van der Waals surface area contributed by atoms with Gasteiger partial charge in [0.25, 0.3) is 0 Å². The van der Waals surface area contributed by atoms with Crippen molar-refractivity contribution >= 4 is 23.5 Å². The number of carbonyl (C=O) groups excluding carboxylic acids is 2. The number of carboxylic acid groups (broad SMARTS) is 1. The van der Waals surface area contributed by atoms with Crippen LogP contribution in [0.3, 0.4) is 0 Å². The largest absolute Gasteiger partial charge is 0.480 e. The number of anilines is 1. The number of aliphatic carboxylic acids is 1. The van der Waals surface area contributed by atoms with Gasteiger partial charge in [0.1, 0.15) is 12.5 Å². The van der Waals surface area contributed by atoms with Gasteiger partial charge in [-0.2, -0.15) is 0 Å². The second kappa shape index (κ2) is 6.72. The van der Waals surface area contributed by atoms with E-state index in [-0.39, 0.29) is 18.9 Å². The summed E-state index contributed by atoms with van der Waals surface area (Å²) in [5, 5.41) is 10.8. The van der Waals surface area contributed by atoms with Gasteiger partial charge in [0.2, 0.25) is 11.8 Å². The molecule has 0 aliphatic carbocycles. The number of nitrogens with one attached hydrogen (secondary N) is 1. The molecule has 0 bridgehead atoms. The van der Waals surface area contributed by atoms with E-state index in [1.54, 1.807) is 6.92 Å². The fraction of sp³-hybridized carbons (Fsp3) is 0.400. The number of carboxylic acids is 1. The smallest absolute Gasteiger partial charge is 0.328 e. The average molecular weight is 326 g/mol. The summed E-state index contributed by atoms with van der Waals surface area (Å²) in [6, 6.07) is 2.53. The van der Waals surface area contributed by atoms with Crippen molar-refractivity contribution in [2.75, 3.05) is 18.1 Å². The van der Waals surface area contributed by atoms with Crippen molar-refractivity contribution in [1.29, 1.82) is 0 Å². The molecule has 0 aromatic heterocycles. The minimum absolute atomic E-state index is 0.0361. The Kier molecular flexibility index (Phi) is 4.92. The molecule has 1 heterocycles. The van der Waals surface area contributed by atoms with Gasteiger partial charge in [-0.3, -0.25) is 9.59 Å². The first-order valence-electron chi connectivity index (χ1n) is 6.99. The van der Waals surface area contributed by atoms with Crippen LogP contribution in [0.5, 0.6) is 0 Å². The van der Waals surface area contributed by atoms with Crippen LogP contribution in [0.15, 0.2) is 18.2 Å². The fourth-order valence-electron chi connectivity index (χ4n) is 2.39. The van der Waals surface area contributed by atoms with Crippen LogP contribution in [0.4, 0.5) is 14.5 Å². The minimum atomic E-state index is -1.63. The van der Waals surface area contributed by atoms with E-state index >= 15 is 0 Å². The zero-order chi connectivity index (χ0) is 17.1. The fourth-order valence-corrected chi connectivity index (χ4v) is 2.39. The number of rotatable bonds is 5. The van der Waals surface area contributed by atoms with Crippen LogP contribution in [-0.4, -0.2) is 42.2 Å². The van der Waals surface area contributed by atoms with E-state index in [1.807, 2.05) is 0 Å². The molecule has 1 saturated heterocycles. The second-order valence-corrected chi connectivity index (χ2v) is 5.39. The molecule has 2 N–H and O–H groups in total. The molecule has 1 fully saturated rings. The molecule has 23 heavy (non-hydrogen) atoms. The number of amides is 2. The molecular formula is C15H16F2N2O4. The van der Waals surface area contributed by atoms with Gasteiger partial charge < -0.3 is 15.3 Å². The molecule has 1 aromatic carbocycles. The highest BCUT2D eigenvalue weighted by Crippen LogP contribution is 2.26. The average Bonchev–Trinajstić information content (AvgIpc) is 2.89. The lowest BCUT2D eigenvalue weighted by molar-refractivity contribution is -0.142. The topological polar surface area (TPSA) is 86.7 Å². The van der Waals surface area contributed by atoms with Crippen molar-refractivity contribution in [3.05, 3.63) is 29.6 Å². The predicted octanol–water partition coefficient (Wildman–Crippen LogP) is 1.03. The molecule has 1 aliphatic heterocycles. The van der Waals surface area contributed by atoms with E-state index < -0.39 is 36.3 Å². The van der Waals surface area contributed by atoms with Crippen LogP contribution in [0, 0.1) is 18.7 Å². The van der Waals surface area contributed by atoms with Crippen molar-refractivity contribution < 1.29 is 28.3 Å². The van der Waals surface area contributed by atoms with E-state index in [0.717, 1.165) is 0 Å². The summed E-state index contributed by atoms with van der Waals surface area (Å²) in [5.74, 6) is -3.67. The van der Waals surface area contributed by atoms with Crippen molar-refractivity contribution in [1.82, 2.24) is 5.32 Å². The number of aryl methyl sites for hydroxylation is 1. The number of hydrogen-bond donors (Lipinski definition) is 2. The first-order chi connectivity index (χ1) is 10.8. The van der Waals surface area contributed by atoms with Gasteiger partial charge in [0, 0.05) is 18.7 Å². The summed E-state index contributed by atoms with van der Waals surface area (Å²) in [7, 11) is 0. The molecule has 2 rings (SSSR count). The molecule has 0 radical (unpaired) electrons. The van der Waals surface area contributed by atoms with Crippen LogP contribution < -0.4 is 10.2 Å². The molecule has 2 amide bonds. The monoisotopic (exact) mass is 326 g/mol. The number of nitrogens with zero attached hydrogens (tertiary/aromatic N) is 1. The quantitative estimate of drug-likeness (QED) is 0.846. The molecule has 0 spiro atoms. The van der Waals surface area contributed by atoms with E-state index in [2.05, 4.69) is 5.32 Å². The highest BCUT2D eigenvalue weighted by Gasteiger charge is 2.36. The second-order valence-electron chi connectivity index (χ2n) is 5.39. The van der Waals surface area contributed by atoms with Crippen molar-refractivity contribution in [2.24, 2.45) is 5.92 Å². The molecule has 124 valence electrons. The number of carbonyl (C=O) groups is 3. The standard InChI is InChI=1S/C15H16F2N2O4/c1-8-4-10(2-3-11(8)17)19-7-9(5-13(19)20)14(21)18-12(6-16)15(22)23/h2-4,9,12H,5-7H2,1H3,(H,18,21)(H,22,23). The molecular weight excluding hydrogens is 310 g/mol. The number of hydrogen-bond acceptors (Lipinski definition) is 3. The highest BCUT2D eigenvalue weighted by atomic mass is 19.1. The predicted molar refractivity (Wildman–Crippen MR) is 77.1 cm³/mol. The van der Waals surface area contributed by atoms with Gasteiger partial charge in [0.05, 0.1) is 5.92 Å². The maximum Gasteiger partial charge on any atom is 0.328 e. The molecule has 2 unspecified atom stereocenters. The Morgan fingerprint density at radius 2 is 2.17 bits per heavy atom. The third-order valence-electron chi connectivity index (χ3n) is 3.72. The van der Waals surface area contributed by atoms with Crippen molar-refractivity contribution in [3.63, 3.8) is 0 Å². The molecule has 2 atom stereocenters. The Balaban J connectivity index is 2.08. The van der Waals surface area contributed by atoms with Gasteiger partial charge in [-0.05, 0) is 30.7 Å². The Bertz CT molecular complexity index is 650. The lowest BCUT2D eigenvalue weighted by atomic mass is 10.1. The first kappa shape index (κ1) is 16.9. The SMILES string of the molecule is Cc1cc(N2CC(C(=O)NC(CF)C(=O)O)CC2=O)ccc1F. The first-order valence-corrected chi connectivity index (χ1v) is 6.99. The van der Waals surface area contributed by atoms with E-state index in [1.165, 1.54) is 23.1 Å². The Hall–Kier alpha value is -2.51. The van der Waals surface area contributed by atoms with Gasteiger partial charge in [-0.1, -0.05) is 0 Å². The zero-order valence-electron chi connectivity index (χ0n) is 12.4. The van der Waals surface area contributed by atoms with E-state index in [4.69, 9.17) is 5.11 Å². The zero-order valence-corrected chi connectivity index (χ0v) is 12.4. The molecule has 0 saturated carbocycles. The minimum Gasteiger partial charge on any atom is -0.480 e. The molecule has 1 aliphatic rings. The summed E-state index contributed by atoms with van der Waals surface area (Å²) in [5.41, 5.74) is 0.830. The number of halogens is 2. The molecule has 1 aromatic rings. The van der Waals surface area contributed by atoms with Gasteiger partial charge in [-0.15, -0.1) is 0 Å². The lowest BCUT2D eigenvalue weighted by Crippen LogP contribution is -2.45. The van der Waals surface area contributed by atoms with E-state index in [9.17, 15) is 23.2 Å². The van der Waals surface area contributed by atoms with Gasteiger partial charge in [0.15, 0.2) is 6.04 Å². The Labute approximate surface area is 131 Å². The normalized spacial score (nSPS) is 18.8. The third-order valence-corrected chi connectivity index (χ3v) is 3.72. The van der Waals surface area contributed by atoms with Crippen LogP contribution >= 0.6 is 0 Å². The van der Waals surface area contributed by atoms with Gasteiger partial charge >= 0.3 is 5.97 Å². The highest BCUT2D eigenvalue weighted by molar-refractivity contribution is 6.00. The van der Waals surface area contributed by atoms with E-state index in [0.29, 0.717) is 11.3 Å². The summed E-state index contributed by atoms with van der Waals surface area (Å²) in [6.07, 6.45) is -0.110. The van der Waals surface area contributed by atoms with Crippen LogP contribution in [0.2, 0.25) is 0 Å². The van der Waals surface area contributed by atoms with Crippen LogP contribution in [0.25, 0.3) is 0 Å². The maximum atomic E-state index is 13.3. The molecule has 6 nitrogen and oxygen atoms in total. The number of alkyl halides is 1.